The number of ether oxygens (including phenoxy) is 1. The Balaban J connectivity index is 1.61. The molecule has 128 valence electrons. The second kappa shape index (κ2) is 8.15. The van der Waals surface area contributed by atoms with E-state index in [-0.39, 0.29) is 0 Å². The van der Waals surface area contributed by atoms with Gasteiger partial charge in [-0.3, -0.25) is 4.79 Å². The Morgan fingerprint density at radius 1 is 1.16 bits per heavy atom. The van der Waals surface area contributed by atoms with Gasteiger partial charge in [-0.15, -0.1) is 0 Å². The molecule has 0 bridgehead atoms. The summed E-state index contributed by atoms with van der Waals surface area (Å²) in [5, 5.41) is 0. The fraction of sp³-hybridized carbons (Fsp3) is 0.200. The van der Waals surface area contributed by atoms with Crippen molar-refractivity contribution in [2.75, 3.05) is 19.7 Å². The van der Waals surface area contributed by atoms with Crippen molar-refractivity contribution in [3.63, 3.8) is 0 Å². The van der Waals surface area contributed by atoms with Crippen LogP contribution in [0, 0.1) is 0 Å². The number of nitrogens with two attached hydrogens (primary N) is 1. The topological polar surface area (TPSA) is 67.9 Å². The summed E-state index contributed by atoms with van der Waals surface area (Å²) in [7, 11) is 0. The molecule has 0 spiro atoms. The van der Waals surface area contributed by atoms with Gasteiger partial charge in [0.1, 0.15) is 18.2 Å². The molecular formula is C20H21N3O2. The maximum absolute atomic E-state index is 11.3. The second-order valence-corrected chi connectivity index (χ2v) is 5.78. The lowest BCUT2D eigenvalue weighted by Crippen LogP contribution is -2.37. The zero-order valence-electron chi connectivity index (χ0n) is 14.0. The number of aliphatic imine (C=N–C) groups is 1. The minimum Gasteiger partial charge on any atom is -0.492 e. The van der Waals surface area contributed by atoms with Gasteiger partial charge in [0.25, 0.3) is 0 Å². The molecule has 0 atom stereocenters. The molecule has 0 aliphatic carbocycles. The van der Waals surface area contributed by atoms with Crippen LogP contribution in [0.1, 0.15) is 15.9 Å². The zero-order valence-corrected chi connectivity index (χ0v) is 14.0. The van der Waals surface area contributed by atoms with E-state index >= 15 is 0 Å². The van der Waals surface area contributed by atoms with Gasteiger partial charge < -0.3 is 15.4 Å². The number of carbonyl (C=O) groups excluding carboxylic acids is 1. The molecule has 2 N–H and O–H groups in total. The average Bonchev–Trinajstić information content (AvgIpc) is 2.64. The molecule has 0 saturated heterocycles. The summed E-state index contributed by atoms with van der Waals surface area (Å²) < 4.78 is 5.78. The molecular weight excluding hydrogens is 314 g/mol. The molecule has 5 heteroatoms. The molecule has 2 aromatic carbocycles. The first-order valence-electron chi connectivity index (χ1n) is 8.25. The maximum atomic E-state index is 11.3. The smallest absolute Gasteiger partial charge is 0.248 e. The van der Waals surface area contributed by atoms with Crippen molar-refractivity contribution < 1.29 is 9.53 Å². The van der Waals surface area contributed by atoms with Crippen molar-refractivity contribution in [3.8, 4) is 5.75 Å². The Kier molecular flexibility index (Phi) is 5.46. The minimum absolute atomic E-state index is 0.416. The van der Waals surface area contributed by atoms with E-state index in [2.05, 4.69) is 9.89 Å². The van der Waals surface area contributed by atoms with Gasteiger partial charge in [0.05, 0.1) is 6.54 Å². The molecule has 25 heavy (non-hydrogen) atoms. The van der Waals surface area contributed by atoms with Crippen LogP contribution in [0.25, 0.3) is 0 Å². The lowest BCUT2D eigenvalue weighted by Gasteiger charge is -2.27. The number of nitrogens with zero attached hydrogens (tertiary/aromatic N) is 2. The summed E-state index contributed by atoms with van der Waals surface area (Å²) in [6.45, 7) is 2.12. The van der Waals surface area contributed by atoms with Gasteiger partial charge in [-0.05, 0) is 35.9 Å². The highest BCUT2D eigenvalue weighted by molar-refractivity contribution is 5.93. The van der Waals surface area contributed by atoms with Crippen molar-refractivity contribution in [3.05, 3.63) is 78.0 Å². The number of primary amides is 1. The van der Waals surface area contributed by atoms with E-state index in [4.69, 9.17) is 10.5 Å². The van der Waals surface area contributed by atoms with E-state index in [1.165, 1.54) is 0 Å². The van der Waals surface area contributed by atoms with Gasteiger partial charge in [-0.25, -0.2) is 4.99 Å². The fourth-order valence-electron chi connectivity index (χ4n) is 2.69. The van der Waals surface area contributed by atoms with Crippen LogP contribution in [-0.4, -0.2) is 36.3 Å². The molecule has 1 amide bonds. The number of amides is 1. The van der Waals surface area contributed by atoms with Gasteiger partial charge in [-0.2, -0.15) is 0 Å². The summed E-state index contributed by atoms with van der Waals surface area (Å²) >= 11 is 0. The van der Waals surface area contributed by atoms with E-state index in [9.17, 15) is 4.79 Å². The third kappa shape index (κ3) is 4.70. The van der Waals surface area contributed by atoms with E-state index in [1.807, 2.05) is 60.8 Å². The number of amidine groups is 1. The molecule has 5 nitrogen and oxygen atoms in total. The van der Waals surface area contributed by atoms with Crippen LogP contribution in [0.4, 0.5) is 0 Å². The van der Waals surface area contributed by atoms with Crippen LogP contribution in [0.3, 0.4) is 0 Å². The number of para-hydroxylation sites is 1. The molecule has 0 saturated carbocycles. The summed E-state index contributed by atoms with van der Waals surface area (Å²) in [5.74, 6) is 1.41. The predicted molar refractivity (Wildman–Crippen MR) is 98.7 cm³/mol. The molecule has 3 rings (SSSR count). The first kappa shape index (κ1) is 16.8. The lowest BCUT2D eigenvalue weighted by atomic mass is 10.1. The Hall–Kier alpha value is -3.08. The fourth-order valence-corrected chi connectivity index (χ4v) is 2.69. The second-order valence-electron chi connectivity index (χ2n) is 5.78. The molecule has 0 aromatic heterocycles. The number of hydrogen-bond acceptors (Lipinski definition) is 4. The van der Waals surface area contributed by atoms with Crippen LogP contribution < -0.4 is 10.5 Å². The number of carbonyl (C=O) groups is 1. The van der Waals surface area contributed by atoms with Crippen LogP contribution in [0.5, 0.6) is 5.75 Å². The first-order valence-corrected chi connectivity index (χ1v) is 8.25. The SMILES string of the molecule is NC(=O)c1cccc(CC2=NC=CCN2CCOc2ccccc2)c1. The normalized spacial score (nSPS) is 13.4. The molecule has 1 heterocycles. The van der Waals surface area contributed by atoms with E-state index in [0.29, 0.717) is 18.6 Å². The van der Waals surface area contributed by atoms with Crippen molar-refractivity contribution in [1.29, 1.82) is 0 Å². The summed E-state index contributed by atoms with van der Waals surface area (Å²) in [5.41, 5.74) is 6.89. The van der Waals surface area contributed by atoms with Crippen molar-refractivity contribution in [2.24, 2.45) is 10.7 Å². The quantitative estimate of drug-likeness (QED) is 0.846. The molecule has 1 aliphatic heterocycles. The highest BCUT2D eigenvalue weighted by Crippen LogP contribution is 2.12. The predicted octanol–water partition coefficient (Wildman–Crippen LogP) is 2.63. The molecule has 1 aliphatic rings. The van der Waals surface area contributed by atoms with Crippen molar-refractivity contribution in [1.82, 2.24) is 4.90 Å². The van der Waals surface area contributed by atoms with Crippen LogP contribution in [0.2, 0.25) is 0 Å². The number of hydrogen-bond donors (Lipinski definition) is 1. The highest BCUT2D eigenvalue weighted by Gasteiger charge is 2.14. The lowest BCUT2D eigenvalue weighted by molar-refractivity contribution is 0.1000. The Bertz CT molecular complexity index is 785. The Morgan fingerprint density at radius 3 is 2.80 bits per heavy atom. The van der Waals surface area contributed by atoms with Crippen molar-refractivity contribution >= 4 is 11.7 Å². The standard InChI is InChI=1S/C20H21N3O2/c21-20(24)17-7-4-6-16(14-17)15-19-22-10-5-11-23(19)12-13-25-18-8-2-1-3-9-18/h1-10,14H,11-13,15H2,(H2,21,24). The van der Waals surface area contributed by atoms with Gasteiger partial charge >= 0.3 is 0 Å². The number of rotatable bonds is 7. The van der Waals surface area contributed by atoms with Crippen LogP contribution in [0.15, 0.2) is 71.9 Å². The highest BCUT2D eigenvalue weighted by atomic mass is 16.5. The summed E-state index contributed by atoms with van der Waals surface area (Å²) in [4.78, 5) is 18.0. The first-order chi connectivity index (χ1) is 12.2. The third-order valence-electron chi connectivity index (χ3n) is 3.97. The van der Waals surface area contributed by atoms with Crippen LogP contribution >= 0.6 is 0 Å². The molecule has 0 radical (unpaired) electrons. The van der Waals surface area contributed by atoms with Crippen molar-refractivity contribution in [2.45, 2.75) is 6.42 Å². The van der Waals surface area contributed by atoms with Gasteiger partial charge in [0.15, 0.2) is 0 Å². The van der Waals surface area contributed by atoms with E-state index in [1.54, 1.807) is 6.07 Å². The molecule has 2 aromatic rings. The average molecular weight is 335 g/mol. The molecule has 0 unspecified atom stereocenters. The monoisotopic (exact) mass is 335 g/mol. The number of benzene rings is 2. The molecule has 0 fully saturated rings. The zero-order chi connectivity index (χ0) is 17.5. The Labute approximate surface area is 147 Å². The van der Waals surface area contributed by atoms with Gasteiger partial charge in [0.2, 0.25) is 5.91 Å². The Morgan fingerprint density at radius 2 is 2.00 bits per heavy atom. The third-order valence-corrected chi connectivity index (χ3v) is 3.97. The van der Waals surface area contributed by atoms with Crippen LogP contribution in [-0.2, 0) is 6.42 Å². The largest absolute Gasteiger partial charge is 0.492 e. The summed E-state index contributed by atoms with van der Waals surface area (Å²) in [6.07, 6.45) is 4.49. The van der Waals surface area contributed by atoms with E-state index in [0.717, 1.165) is 30.2 Å². The minimum atomic E-state index is -0.416. The van der Waals surface area contributed by atoms with Gasteiger partial charge in [0, 0.05) is 24.7 Å². The van der Waals surface area contributed by atoms with E-state index < -0.39 is 5.91 Å². The van der Waals surface area contributed by atoms with Gasteiger partial charge in [-0.1, -0.05) is 30.3 Å². The summed E-state index contributed by atoms with van der Waals surface area (Å²) in [6, 6.07) is 17.1. The maximum Gasteiger partial charge on any atom is 0.248 e.